The number of carboxylic acids is 1. The first-order chi connectivity index (χ1) is 13.9. The molecule has 0 saturated heterocycles. The molecule has 1 aliphatic heterocycles. The van der Waals surface area contributed by atoms with Gasteiger partial charge in [-0.15, -0.1) is 0 Å². The van der Waals surface area contributed by atoms with E-state index in [1.54, 1.807) is 0 Å². The Balaban J connectivity index is 2.02. The topological polar surface area (TPSA) is 172 Å². The highest BCUT2D eigenvalue weighted by atomic mass is 16.6. The number of hydrogen-bond acceptors (Lipinski definition) is 8. The van der Waals surface area contributed by atoms with Gasteiger partial charge in [0.25, 0.3) is 0 Å². The molecule has 12 heteroatoms. The second-order valence-electron chi connectivity index (χ2n) is 6.52. The molecule has 2 heterocycles. The summed E-state index contributed by atoms with van der Waals surface area (Å²) < 4.78 is 5.31. The van der Waals surface area contributed by atoms with Gasteiger partial charge in [0.2, 0.25) is 0 Å². The average Bonchev–Trinajstić information content (AvgIpc) is 3.06. The summed E-state index contributed by atoms with van der Waals surface area (Å²) in [6, 6.07) is -0.910. The van der Waals surface area contributed by atoms with Crippen LogP contribution in [0.5, 0.6) is 0 Å². The van der Waals surface area contributed by atoms with Gasteiger partial charge in [-0.3, -0.25) is 19.7 Å². The summed E-state index contributed by atoms with van der Waals surface area (Å²) >= 11 is 0. The van der Waals surface area contributed by atoms with Gasteiger partial charge in [0.15, 0.2) is 11.8 Å². The van der Waals surface area contributed by atoms with E-state index in [0.717, 1.165) is 19.3 Å². The largest absolute Gasteiger partial charge is 0.480 e. The van der Waals surface area contributed by atoms with Crippen LogP contribution in [0, 0.1) is 0 Å². The number of nitrogens with one attached hydrogen (secondary N) is 1. The Morgan fingerprint density at radius 2 is 2.17 bits per heavy atom. The number of rotatable bonds is 11. The lowest BCUT2D eigenvalue weighted by atomic mass is 10.1. The first kappa shape index (κ1) is 22.1. The fraction of sp³-hybridized carbons (Fsp3) is 0.588. The second kappa shape index (κ2) is 11.0. The molecule has 0 aliphatic carbocycles. The molecule has 0 radical (unpaired) electrons. The minimum Gasteiger partial charge on any atom is -0.480 e. The maximum atomic E-state index is 12.5. The van der Waals surface area contributed by atoms with Crippen molar-refractivity contribution in [3.05, 3.63) is 12.5 Å². The molecule has 1 aromatic rings. The Morgan fingerprint density at radius 3 is 2.86 bits per heavy atom. The van der Waals surface area contributed by atoms with Crippen molar-refractivity contribution in [2.45, 2.75) is 45.1 Å². The number of hydrazine groups is 1. The molecule has 160 valence electrons. The Kier molecular flexibility index (Phi) is 8.40. The smallest absolute Gasteiger partial charge is 0.416 e. The summed E-state index contributed by atoms with van der Waals surface area (Å²) in [5, 5.41) is 11.0. The fourth-order valence-electron chi connectivity index (χ4n) is 2.78. The molecule has 0 aromatic carbocycles. The van der Waals surface area contributed by atoms with Crippen LogP contribution in [0.25, 0.3) is 0 Å². The molecular formula is C17H28N8O4. The third-order valence-electron chi connectivity index (χ3n) is 4.25. The monoisotopic (exact) mass is 408 g/mol. The maximum Gasteiger partial charge on any atom is 0.416 e. The first-order valence-electron chi connectivity index (χ1n) is 9.50. The van der Waals surface area contributed by atoms with Crippen LogP contribution < -0.4 is 26.8 Å². The number of nitrogens with two attached hydrogens (primary N) is 2. The number of unbranched alkanes of at least 4 members (excludes halogenated alkanes) is 2. The van der Waals surface area contributed by atoms with Gasteiger partial charge in [-0.25, -0.2) is 20.2 Å². The van der Waals surface area contributed by atoms with Crippen molar-refractivity contribution in [3.8, 4) is 0 Å². The van der Waals surface area contributed by atoms with E-state index in [4.69, 9.17) is 16.2 Å². The summed E-state index contributed by atoms with van der Waals surface area (Å²) in [6.45, 7) is 2.76. The number of aromatic nitrogens is 2. The summed E-state index contributed by atoms with van der Waals surface area (Å²) in [6.07, 6.45) is 5.83. The summed E-state index contributed by atoms with van der Waals surface area (Å²) in [5.74, 6) is -0.671. The third kappa shape index (κ3) is 6.45. The lowest BCUT2D eigenvalue weighted by molar-refractivity contribution is -0.139. The van der Waals surface area contributed by atoms with Crippen LogP contribution in [-0.4, -0.2) is 59.0 Å². The van der Waals surface area contributed by atoms with Gasteiger partial charge in [0.05, 0.1) is 12.8 Å². The molecule has 2 rings (SSSR count). The van der Waals surface area contributed by atoms with Crippen LogP contribution in [-0.2, 0) is 9.53 Å². The Hall–Kier alpha value is -3.15. The van der Waals surface area contributed by atoms with E-state index in [-0.39, 0.29) is 19.0 Å². The quantitative estimate of drug-likeness (QED) is 0.228. The van der Waals surface area contributed by atoms with E-state index >= 15 is 0 Å². The van der Waals surface area contributed by atoms with Crippen LogP contribution in [0.3, 0.4) is 0 Å². The predicted molar refractivity (Wildman–Crippen MR) is 107 cm³/mol. The number of fused-ring (bicyclic) bond motifs is 1. The number of anilines is 2. The van der Waals surface area contributed by atoms with Crippen molar-refractivity contribution in [2.24, 2.45) is 16.5 Å². The molecule has 0 unspecified atom stereocenters. The third-order valence-corrected chi connectivity index (χ3v) is 4.25. The maximum absolute atomic E-state index is 12.5. The van der Waals surface area contributed by atoms with E-state index in [1.807, 2.05) is 0 Å². The Bertz CT molecular complexity index is 725. The van der Waals surface area contributed by atoms with Crippen molar-refractivity contribution < 1.29 is 19.4 Å². The summed E-state index contributed by atoms with van der Waals surface area (Å²) in [7, 11) is 0. The van der Waals surface area contributed by atoms with E-state index in [9.17, 15) is 14.7 Å². The fourth-order valence-corrected chi connectivity index (χ4v) is 2.78. The Labute approximate surface area is 168 Å². The molecule has 0 saturated carbocycles. The molecule has 1 aliphatic rings. The number of hydrogen-bond donors (Lipinski definition) is 4. The highest BCUT2D eigenvalue weighted by Crippen LogP contribution is 2.32. The SMILES string of the molecule is CCCCCOC(=O)N1CN(N[C@@H](CCCN=C(N)N)C(=O)O)c2ncncc21. The van der Waals surface area contributed by atoms with Gasteiger partial charge < -0.3 is 21.3 Å². The van der Waals surface area contributed by atoms with Crippen LogP contribution in [0.2, 0.25) is 0 Å². The zero-order chi connectivity index (χ0) is 21.2. The van der Waals surface area contributed by atoms with Gasteiger partial charge in [-0.2, -0.15) is 0 Å². The van der Waals surface area contributed by atoms with Gasteiger partial charge >= 0.3 is 12.1 Å². The van der Waals surface area contributed by atoms with Gasteiger partial charge in [0.1, 0.15) is 24.7 Å². The number of carbonyl (C=O) groups is 2. The predicted octanol–water partition coefficient (Wildman–Crippen LogP) is 0.399. The zero-order valence-corrected chi connectivity index (χ0v) is 16.5. The molecule has 6 N–H and O–H groups in total. The number of aliphatic imine (C=N–C) groups is 1. The Morgan fingerprint density at radius 1 is 1.38 bits per heavy atom. The first-order valence-corrected chi connectivity index (χ1v) is 9.50. The number of ether oxygens (including phenoxy) is 1. The number of amides is 1. The lowest BCUT2D eigenvalue weighted by Crippen LogP contribution is -2.50. The molecule has 12 nitrogen and oxygen atoms in total. The van der Waals surface area contributed by atoms with Gasteiger partial charge in [0, 0.05) is 6.54 Å². The van der Waals surface area contributed by atoms with Crippen LogP contribution in [0.1, 0.15) is 39.0 Å². The van der Waals surface area contributed by atoms with Crippen LogP contribution in [0.4, 0.5) is 16.3 Å². The molecule has 1 aromatic heterocycles. The van der Waals surface area contributed by atoms with Crippen molar-refractivity contribution in [1.29, 1.82) is 0 Å². The van der Waals surface area contributed by atoms with Gasteiger partial charge in [-0.1, -0.05) is 19.8 Å². The van der Waals surface area contributed by atoms with Crippen molar-refractivity contribution in [1.82, 2.24) is 15.4 Å². The highest BCUT2D eigenvalue weighted by Gasteiger charge is 2.35. The van der Waals surface area contributed by atoms with E-state index in [0.29, 0.717) is 31.1 Å². The summed E-state index contributed by atoms with van der Waals surface area (Å²) in [4.78, 5) is 37.4. The molecular weight excluding hydrogens is 380 g/mol. The van der Waals surface area contributed by atoms with Crippen molar-refractivity contribution in [2.75, 3.05) is 29.7 Å². The molecule has 0 bridgehead atoms. The summed E-state index contributed by atoms with van der Waals surface area (Å²) in [5.41, 5.74) is 13.9. The molecule has 29 heavy (non-hydrogen) atoms. The molecule has 1 amide bonds. The molecule has 1 atom stereocenters. The van der Waals surface area contributed by atoms with E-state index in [2.05, 4.69) is 27.3 Å². The standard InChI is InChI=1S/C17H28N8O4/c1-2-3-4-8-29-17(28)24-11-25(14-13(24)9-20-10-22-14)23-12(15(26)27)6-5-7-21-16(18)19/h9-10,12,23H,2-8,11H2,1H3,(H,26,27)(H4,18,19,21)/t12-/m0/s1. The second-order valence-corrected chi connectivity index (χ2v) is 6.52. The van der Waals surface area contributed by atoms with E-state index in [1.165, 1.54) is 22.4 Å². The number of carbonyl (C=O) groups excluding carboxylic acids is 1. The number of nitrogens with zero attached hydrogens (tertiary/aromatic N) is 5. The molecule has 0 spiro atoms. The number of guanidine groups is 1. The highest BCUT2D eigenvalue weighted by molar-refractivity contribution is 5.94. The van der Waals surface area contributed by atoms with Gasteiger partial charge in [-0.05, 0) is 19.3 Å². The number of aliphatic carboxylic acids is 1. The van der Waals surface area contributed by atoms with Crippen molar-refractivity contribution in [3.63, 3.8) is 0 Å². The lowest BCUT2D eigenvalue weighted by Gasteiger charge is -2.24. The van der Waals surface area contributed by atoms with Crippen molar-refractivity contribution >= 4 is 29.5 Å². The normalized spacial score (nSPS) is 13.7. The van der Waals surface area contributed by atoms with Crippen LogP contribution in [0.15, 0.2) is 17.5 Å². The minimum atomic E-state index is -1.04. The molecule has 0 fully saturated rings. The van der Waals surface area contributed by atoms with E-state index < -0.39 is 18.1 Å². The average molecular weight is 408 g/mol. The van der Waals surface area contributed by atoms with Crippen LogP contribution >= 0.6 is 0 Å². The number of carboxylic acid groups (broad SMARTS) is 1. The zero-order valence-electron chi connectivity index (χ0n) is 16.5. The minimum absolute atomic E-state index is 0.0388.